The normalized spacial score (nSPS) is 16.7. The highest BCUT2D eigenvalue weighted by Crippen LogP contribution is 2.06. The summed E-state index contributed by atoms with van der Waals surface area (Å²) in [6.45, 7) is 2.82. The van der Waals surface area contributed by atoms with Crippen LogP contribution < -0.4 is 0 Å². The van der Waals surface area contributed by atoms with E-state index in [4.69, 9.17) is 4.74 Å². The minimum atomic E-state index is 0.0113. The van der Waals surface area contributed by atoms with Crippen molar-refractivity contribution in [1.82, 2.24) is 4.90 Å². The predicted molar refractivity (Wildman–Crippen MR) is 56.0 cm³/mol. The van der Waals surface area contributed by atoms with E-state index < -0.39 is 0 Å². The van der Waals surface area contributed by atoms with E-state index in [2.05, 4.69) is 0 Å². The maximum absolute atomic E-state index is 11.6. The first-order valence-corrected chi connectivity index (χ1v) is 5.78. The molecule has 1 amide bonds. The number of rotatable bonds is 6. The summed E-state index contributed by atoms with van der Waals surface area (Å²) in [6, 6.07) is 0. The van der Waals surface area contributed by atoms with Gasteiger partial charge in [0.1, 0.15) is 0 Å². The molecule has 1 saturated heterocycles. The van der Waals surface area contributed by atoms with E-state index in [0.717, 1.165) is 38.8 Å². The van der Waals surface area contributed by atoms with E-state index in [1.54, 1.807) is 0 Å². The molecule has 0 N–H and O–H groups in total. The number of amides is 1. The Bertz CT molecular complexity index is 179. The van der Waals surface area contributed by atoms with E-state index in [-0.39, 0.29) is 12.5 Å². The number of carbonyl (C=O) groups is 1. The number of hydrogen-bond acceptors (Lipinski definition) is 2. The molecule has 1 aliphatic heterocycles. The summed E-state index contributed by atoms with van der Waals surface area (Å²) < 4.78 is 5.18. The van der Waals surface area contributed by atoms with Crippen LogP contribution in [0.2, 0.25) is 0 Å². The molecule has 0 saturated carbocycles. The first-order valence-electron chi connectivity index (χ1n) is 5.78. The lowest BCUT2D eigenvalue weighted by Gasteiger charge is -2.26. The van der Waals surface area contributed by atoms with Crippen LogP contribution in [0.15, 0.2) is 0 Å². The molecule has 1 heterocycles. The molecule has 4 nitrogen and oxygen atoms in total. The van der Waals surface area contributed by atoms with Gasteiger partial charge < -0.3 is 9.64 Å². The molecule has 1 aliphatic rings. The lowest BCUT2D eigenvalue weighted by molar-refractivity contribution is -0.135. The fraction of sp³-hybridized carbons (Fsp3) is 0.909. The molecule has 4 heteroatoms. The Morgan fingerprint density at radius 3 is 2.40 bits per heavy atom. The molecule has 0 unspecified atom stereocenters. The van der Waals surface area contributed by atoms with Crippen molar-refractivity contribution >= 4 is 5.91 Å². The van der Waals surface area contributed by atoms with Crippen LogP contribution in [0.25, 0.3) is 0 Å². The Morgan fingerprint density at radius 2 is 1.73 bits per heavy atom. The van der Waals surface area contributed by atoms with Crippen LogP contribution in [0.3, 0.4) is 0 Å². The summed E-state index contributed by atoms with van der Waals surface area (Å²) in [5.74, 6) is 0.237. The summed E-state index contributed by atoms with van der Waals surface area (Å²) in [5.41, 5.74) is 0. The molecule has 1 rings (SSSR count). The van der Waals surface area contributed by atoms with Crippen molar-refractivity contribution in [2.45, 2.75) is 32.1 Å². The standard InChI is InChI=1S/C11H20NO3/c13-8-4-2-1-3-5-11(14)12-6-9-15-10-7-12/h1-10H2. The van der Waals surface area contributed by atoms with E-state index in [0.29, 0.717) is 19.6 Å². The molecule has 0 spiro atoms. The van der Waals surface area contributed by atoms with Crippen LogP contribution in [0.5, 0.6) is 0 Å². The van der Waals surface area contributed by atoms with Gasteiger partial charge in [0.05, 0.1) is 19.8 Å². The lowest BCUT2D eigenvalue weighted by atomic mass is 10.1. The summed E-state index contributed by atoms with van der Waals surface area (Å²) in [7, 11) is 0. The van der Waals surface area contributed by atoms with Crippen molar-refractivity contribution < 1.29 is 14.6 Å². The highest BCUT2D eigenvalue weighted by Gasteiger charge is 2.15. The van der Waals surface area contributed by atoms with Gasteiger partial charge in [0.2, 0.25) is 5.91 Å². The van der Waals surface area contributed by atoms with Crippen LogP contribution in [0.4, 0.5) is 0 Å². The van der Waals surface area contributed by atoms with Gasteiger partial charge in [-0.3, -0.25) is 4.79 Å². The SMILES string of the molecule is [O]CCCCCCC(=O)N1CCOCC1. The zero-order chi connectivity index (χ0) is 10.9. The van der Waals surface area contributed by atoms with E-state index in [1.807, 2.05) is 4.90 Å². The summed E-state index contributed by atoms with van der Waals surface area (Å²) in [4.78, 5) is 13.5. The van der Waals surface area contributed by atoms with Gasteiger partial charge in [-0.2, -0.15) is 0 Å². The van der Waals surface area contributed by atoms with Gasteiger partial charge in [0.15, 0.2) is 0 Å². The molecular formula is C11H20NO3. The number of hydrogen-bond donors (Lipinski definition) is 0. The minimum Gasteiger partial charge on any atom is -0.378 e. The molecule has 0 aliphatic carbocycles. The molecule has 0 aromatic rings. The third kappa shape index (κ3) is 5.14. The van der Waals surface area contributed by atoms with E-state index >= 15 is 0 Å². The molecule has 0 aromatic heterocycles. The first-order chi connectivity index (χ1) is 7.34. The van der Waals surface area contributed by atoms with Crippen LogP contribution in [0.1, 0.15) is 32.1 Å². The fourth-order valence-corrected chi connectivity index (χ4v) is 1.70. The van der Waals surface area contributed by atoms with Crippen molar-refractivity contribution in [2.75, 3.05) is 32.9 Å². The van der Waals surface area contributed by atoms with Crippen LogP contribution >= 0.6 is 0 Å². The first kappa shape index (κ1) is 12.5. The Kier molecular flexibility index (Phi) is 6.36. The largest absolute Gasteiger partial charge is 0.378 e. The number of carbonyl (C=O) groups excluding carboxylic acids is 1. The molecule has 0 atom stereocenters. The third-order valence-electron chi connectivity index (χ3n) is 2.65. The highest BCUT2D eigenvalue weighted by atomic mass is 16.5. The molecule has 1 radical (unpaired) electrons. The smallest absolute Gasteiger partial charge is 0.222 e. The Morgan fingerprint density at radius 1 is 1.07 bits per heavy atom. The second kappa shape index (κ2) is 7.65. The van der Waals surface area contributed by atoms with Crippen LogP contribution in [0, 0.1) is 0 Å². The Labute approximate surface area is 91.2 Å². The molecule has 0 bridgehead atoms. The van der Waals surface area contributed by atoms with Crippen molar-refractivity contribution in [2.24, 2.45) is 0 Å². The van der Waals surface area contributed by atoms with Gasteiger partial charge in [-0.05, 0) is 12.8 Å². The second-order valence-corrected chi connectivity index (χ2v) is 3.86. The van der Waals surface area contributed by atoms with Gasteiger partial charge >= 0.3 is 0 Å². The number of ether oxygens (including phenoxy) is 1. The summed E-state index contributed by atoms with van der Waals surface area (Å²) in [5, 5.41) is 10.2. The van der Waals surface area contributed by atoms with Crippen molar-refractivity contribution in [1.29, 1.82) is 0 Å². The predicted octanol–water partition coefficient (Wildman–Crippen LogP) is 1.23. The average Bonchev–Trinajstić information content (AvgIpc) is 2.30. The third-order valence-corrected chi connectivity index (χ3v) is 2.65. The summed E-state index contributed by atoms with van der Waals surface area (Å²) in [6.07, 6.45) is 4.24. The second-order valence-electron chi connectivity index (χ2n) is 3.86. The zero-order valence-electron chi connectivity index (χ0n) is 9.24. The quantitative estimate of drug-likeness (QED) is 0.624. The monoisotopic (exact) mass is 214 g/mol. The van der Waals surface area contributed by atoms with E-state index in [1.165, 1.54) is 0 Å². The summed E-state index contributed by atoms with van der Waals surface area (Å²) >= 11 is 0. The number of morpholine rings is 1. The molecule has 0 aromatic carbocycles. The van der Waals surface area contributed by atoms with Crippen LogP contribution in [-0.2, 0) is 14.6 Å². The Balaban J connectivity index is 2.02. The minimum absolute atomic E-state index is 0.0113. The average molecular weight is 214 g/mol. The molecule has 15 heavy (non-hydrogen) atoms. The van der Waals surface area contributed by atoms with Gasteiger partial charge in [0.25, 0.3) is 0 Å². The van der Waals surface area contributed by atoms with Gasteiger partial charge in [-0.1, -0.05) is 12.8 Å². The maximum atomic E-state index is 11.6. The van der Waals surface area contributed by atoms with Gasteiger partial charge in [0, 0.05) is 19.5 Å². The van der Waals surface area contributed by atoms with Gasteiger partial charge in [-0.25, -0.2) is 5.11 Å². The Hall–Kier alpha value is -0.610. The van der Waals surface area contributed by atoms with Crippen molar-refractivity contribution in [3.8, 4) is 0 Å². The van der Waals surface area contributed by atoms with Gasteiger partial charge in [-0.15, -0.1) is 0 Å². The fourth-order valence-electron chi connectivity index (χ4n) is 1.70. The van der Waals surface area contributed by atoms with Crippen LogP contribution in [-0.4, -0.2) is 43.7 Å². The molecular weight excluding hydrogens is 194 g/mol. The topological polar surface area (TPSA) is 49.4 Å². The number of nitrogens with zero attached hydrogens (tertiary/aromatic N) is 1. The molecule has 87 valence electrons. The molecule has 1 fully saturated rings. The zero-order valence-corrected chi connectivity index (χ0v) is 9.24. The maximum Gasteiger partial charge on any atom is 0.222 e. The van der Waals surface area contributed by atoms with E-state index in [9.17, 15) is 9.90 Å². The van der Waals surface area contributed by atoms with Crippen molar-refractivity contribution in [3.63, 3.8) is 0 Å². The number of unbranched alkanes of at least 4 members (excludes halogenated alkanes) is 3. The lowest BCUT2D eigenvalue weighted by Crippen LogP contribution is -2.40. The van der Waals surface area contributed by atoms with Crippen molar-refractivity contribution in [3.05, 3.63) is 0 Å². The highest BCUT2D eigenvalue weighted by molar-refractivity contribution is 5.76.